The van der Waals surface area contributed by atoms with Gasteiger partial charge in [0.15, 0.2) is 11.8 Å². The van der Waals surface area contributed by atoms with Crippen molar-refractivity contribution in [1.82, 2.24) is 20.4 Å². The summed E-state index contributed by atoms with van der Waals surface area (Å²) in [5.74, 6) is 2.51. The fourth-order valence-corrected chi connectivity index (χ4v) is 3.34. The predicted molar refractivity (Wildman–Crippen MR) is 105 cm³/mol. The molecule has 3 rings (SSSR count). The summed E-state index contributed by atoms with van der Waals surface area (Å²) in [5, 5.41) is 7.37. The molecule has 1 aliphatic heterocycles. The molecule has 2 heterocycles. The van der Waals surface area contributed by atoms with Gasteiger partial charge in [0.25, 0.3) is 0 Å². The number of aliphatic imine (C=N–C) groups is 1. The number of nitrogens with zero attached hydrogens (tertiary/aromatic N) is 4. The average molecular weight is 371 g/mol. The van der Waals surface area contributed by atoms with Gasteiger partial charge in [-0.15, -0.1) is 0 Å². The minimum absolute atomic E-state index is 0.171. The molecule has 2 unspecified atom stereocenters. The van der Waals surface area contributed by atoms with E-state index in [2.05, 4.69) is 57.6 Å². The Labute approximate surface area is 160 Å². The van der Waals surface area contributed by atoms with E-state index in [1.54, 1.807) is 0 Å². The maximum Gasteiger partial charge on any atom is 0.248 e. The molecule has 1 aliphatic rings. The maximum atomic E-state index is 5.50. The molecule has 0 saturated carbocycles. The largest absolute Gasteiger partial charge is 0.371 e. The Bertz CT molecular complexity index is 731. The lowest BCUT2D eigenvalue weighted by atomic mass is 9.99. The van der Waals surface area contributed by atoms with Gasteiger partial charge in [0.2, 0.25) is 5.89 Å². The fourth-order valence-electron chi connectivity index (χ4n) is 3.34. The van der Waals surface area contributed by atoms with Crippen molar-refractivity contribution in [2.75, 3.05) is 26.2 Å². The smallest absolute Gasteiger partial charge is 0.248 e. The highest BCUT2D eigenvalue weighted by Crippen LogP contribution is 2.27. The SMILES string of the molecule is CCNC(=NCc1nc(C(C)OCC)no1)N1CCC(c2ccccc2)C1. The molecule has 0 amide bonds. The molecule has 146 valence electrons. The van der Waals surface area contributed by atoms with Crippen molar-refractivity contribution < 1.29 is 9.26 Å². The first kappa shape index (κ1) is 19.4. The molecule has 2 aromatic rings. The number of nitrogens with one attached hydrogen (secondary N) is 1. The van der Waals surface area contributed by atoms with Crippen LogP contribution in [-0.4, -0.2) is 47.2 Å². The monoisotopic (exact) mass is 371 g/mol. The molecule has 1 aromatic heterocycles. The number of likely N-dealkylation sites (tertiary alicyclic amines) is 1. The normalized spacial score (nSPS) is 18.7. The van der Waals surface area contributed by atoms with Crippen LogP contribution in [0.1, 0.15) is 56.5 Å². The number of rotatable bonds is 7. The van der Waals surface area contributed by atoms with Crippen LogP contribution >= 0.6 is 0 Å². The first-order chi connectivity index (χ1) is 13.2. The van der Waals surface area contributed by atoms with Crippen LogP contribution in [0.15, 0.2) is 39.8 Å². The lowest BCUT2D eigenvalue weighted by molar-refractivity contribution is 0.0683. The minimum Gasteiger partial charge on any atom is -0.371 e. The topological polar surface area (TPSA) is 75.8 Å². The maximum absolute atomic E-state index is 5.50. The van der Waals surface area contributed by atoms with Gasteiger partial charge in [0.1, 0.15) is 12.6 Å². The summed E-state index contributed by atoms with van der Waals surface area (Å²) in [5.41, 5.74) is 1.39. The minimum atomic E-state index is -0.171. The molecule has 1 aromatic carbocycles. The summed E-state index contributed by atoms with van der Waals surface area (Å²) in [6.45, 7) is 9.69. The number of hydrogen-bond acceptors (Lipinski definition) is 5. The third-order valence-corrected chi connectivity index (χ3v) is 4.72. The first-order valence-corrected chi connectivity index (χ1v) is 9.73. The van der Waals surface area contributed by atoms with Gasteiger partial charge in [-0.3, -0.25) is 0 Å². The van der Waals surface area contributed by atoms with Crippen molar-refractivity contribution in [1.29, 1.82) is 0 Å². The number of ether oxygens (including phenoxy) is 1. The van der Waals surface area contributed by atoms with Crippen molar-refractivity contribution in [3.63, 3.8) is 0 Å². The van der Waals surface area contributed by atoms with Gasteiger partial charge in [0, 0.05) is 32.2 Å². The molecule has 2 atom stereocenters. The van der Waals surface area contributed by atoms with Crippen molar-refractivity contribution in [2.24, 2.45) is 4.99 Å². The highest BCUT2D eigenvalue weighted by atomic mass is 16.5. The molecule has 1 fully saturated rings. The van der Waals surface area contributed by atoms with Crippen LogP contribution in [0.3, 0.4) is 0 Å². The second-order valence-electron chi connectivity index (χ2n) is 6.66. The number of hydrogen-bond donors (Lipinski definition) is 1. The molecule has 1 saturated heterocycles. The molecule has 7 heteroatoms. The van der Waals surface area contributed by atoms with Gasteiger partial charge in [0.05, 0.1) is 0 Å². The van der Waals surface area contributed by atoms with Crippen LogP contribution in [0.4, 0.5) is 0 Å². The Balaban J connectivity index is 1.63. The summed E-state index contributed by atoms with van der Waals surface area (Å²) in [6, 6.07) is 10.7. The lowest BCUT2D eigenvalue weighted by Gasteiger charge is -2.21. The Morgan fingerprint density at radius 3 is 2.93 bits per heavy atom. The quantitative estimate of drug-likeness (QED) is 0.595. The van der Waals surface area contributed by atoms with Gasteiger partial charge >= 0.3 is 0 Å². The van der Waals surface area contributed by atoms with Crippen molar-refractivity contribution in [2.45, 2.75) is 45.8 Å². The van der Waals surface area contributed by atoms with E-state index >= 15 is 0 Å². The molecule has 0 spiro atoms. The van der Waals surface area contributed by atoms with Crippen molar-refractivity contribution in [3.05, 3.63) is 47.6 Å². The van der Waals surface area contributed by atoms with Crippen molar-refractivity contribution in [3.8, 4) is 0 Å². The standard InChI is InChI=1S/C20H29N5O2/c1-4-21-20(22-13-18-23-19(24-27-18)15(3)26-5-2)25-12-11-17(14-25)16-9-7-6-8-10-16/h6-10,15,17H,4-5,11-14H2,1-3H3,(H,21,22). The summed E-state index contributed by atoms with van der Waals surface area (Å²) >= 11 is 0. The zero-order valence-electron chi connectivity index (χ0n) is 16.4. The van der Waals surface area contributed by atoms with E-state index in [9.17, 15) is 0 Å². The average Bonchev–Trinajstić information content (AvgIpc) is 3.36. The van der Waals surface area contributed by atoms with E-state index in [0.717, 1.165) is 32.0 Å². The summed E-state index contributed by atoms with van der Waals surface area (Å²) in [7, 11) is 0. The van der Waals surface area contributed by atoms with Crippen LogP contribution in [-0.2, 0) is 11.3 Å². The number of benzene rings is 1. The molecular weight excluding hydrogens is 342 g/mol. The highest BCUT2D eigenvalue weighted by molar-refractivity contribution is 5.80. The van der Waals surface area contributed by atoms with E-state index in [-0.39, 0.29) is 6.10 Å². The van der Waals surface area contributed by atoms with Gasteiger partial charge in [-0.05, 0) is 32.8 Å². The Hall–Kier alpha value is -2.41. The summed E-state index contributed by atoms with van der Waals surface area (Å²) < 4.78 is 10.8. The predicted octanol–water partition coefficient (Wildman–Crippen LogP) is 3.12. The zero-order chi connectivity index (χ0) is 19.1. The Kier molecular flexibility index (Phi) is 6.81. The number of guanidine groups is 1. The van der Waals surface area contributed by atoms with Crippen LogP contribution < -0.4 is 5.32 Å². The van der Waals surface area contributed by atoms with E-state index in [4.69, 9.17) is 14.3 Å². The van der Waals surface area contributed by atoms with Crippen LogP contribution in [0.2, 0.25) is 0 Å². The molecular formula is C20H29N5O2. The van der Waals surface area contributed by atoms with Gasteiger partial charge in [-0.2, -0.15) is 4.98 Å². The molecule has 0 aliphatic carbocycles. The molecule has 0 bridgehead atoms. The van der Waals surface area contributed by atoms with Gasteiger partial charge in [-0.25, -0.2) is 4.99 Å². The highest BCUT2D eigenvalue weighted by Gasteiger charge is 2.26. The van der Waals surface area contributed by atoms with Crippen LogP contribution in [0, 0.1) is 0 Å². The fraction of sp³-hybridized carbons (Fsp3) is 0.550. The first-order valence-electron chi connectivity index (χ1n) is 9.73. The molecule has 0 radical (unpaired) electrons. The van der Waals surface area contributed by atoms with Gasteiger partial charge in [-0.1, -0.05) is 35.5 Å². The van der Waals surface area contributed by atoms with Crippen LogP contribution in [0.25, 0.3) is 0 Å². The second kappa shape index (κ2) is 9.50. The second-order valence-corrected chi connectivity index (χ2v) is 6.66. The molecule has 7 nitrogen and oxygen atoms in total. The molecule has 1 N–H and O–H groups in total. The lowest BCUT2D eigenvalue weighted by Crippen LogP contribution is -2.40. The van der Waals surface area contributed by atoms with Crippen molar-refractivity contribution >= 4 is 5.96 Å². The Morgan fingerprint density at radius 2 is 2.19 bits per heavy atom. The van der Waals surface area contributed by atoms with Gasteiger partial charge < -0.3 is 19.5 Å². The molecule has 27 heavy (non-hydrogen) atoms. The Morgan fingerprint density at radius 1 is 1.37 bits per heavy atom. The third-order valence-electron chi connectivity index (χ3n) is 4.72. The third kappa shape index (κ3) is 5.07. The number of aromatic nitrogens is 2. The summed E-state index contributed by atoms with van der Waals surface area (Å²) in [4.78, 5) is 11.4. The van der Waals surface area contributed by atoms with E-state index < -0.39 is 0 Å². The van der Waals surface area contributed by atoms with Crippen LogP contribution in [0.5, 0.6) is 0 Å². The van der Waals surface area contributed by atoms with E-state index in [1.165, 1.54) is 5.56 Å². The zero-order valence-corrected chi connectivity index (χ0v) is 16.4. The van der Waals surface area contributed by atoms with E-state index in [1.807, 2.05) is 13.8 Å². The summed E-state index contributed by atoms with van der Waals surface area (Å²) in [6.07, 6.45) is 0.959. The van der Waals surface area contributed by atoms with E-state index in [0.29, 0.717) is 30.8 Å².